The molecule has 0 saturated heterocycles. The van der Waals surface area contributed by atoms with E-state index in [1.165, 1.54) is 109 Å². The van der Waals surface area contributed by atoms with Gasteiger partial charge in [0.2, 0.25) is 0 Å². The Bertz CT molecular complexity index is 234. The predicted molar refractivity (Wildman–Crippen MR) is 110 cm³/mol. The number of aliphatic hydroxyl groups is 2. The van der Waals surface area contributed by atoms with Crippen molar-refractivity contribution in [3.63, 3.8) is 0 Å². The van der Waals surface area contributed by atoms with Crippen LogP contribution in [0.4, 0.5) is 0 Å². The summed E-state index contributed by atoms with van der Waals surface area (Å²) in [6, 6.07) is 0. The number of rotatable bonds is 21. The molecule has 0 aliphatic heterocycles. The van der Waals surface area contributed by atoms with Crippen molar-refractivity contribution in [2.75, 3.05) is 13.1 Å². The van der Waals surface area contributed by atoms with Crippen molar-refractivity contribution in [2.24, 2.45) is 0 Å². The minimum absolute atomic E-state index is 0.291. The highest BCUT2D eigenvalue weighted by molar-refractivity contribution is 4.52. The van der Waals surface area contributed by atoms with Gasteiger partial charge in [0.25, 0.3) is 0 Å². The maximum absolute atomic E-state index is 8.70. The summed E-state index contributed by atoms with van der Waals surface area (Å²) in [5.41, 5.74) is 0. The van der Waals surface area contributed by atoms with E-state index in [0.29, 0.717) is 6.54 Å². The van der Waals surface area contributed by atoms with Crippen molar-refractivity contribution in [3.05, 3.63) is 0 Å². The van der Waals surface area contributed by atoms with Crippen molar-refractivity contribution in [1.29, 1.82) is 0 Å². The van der Waals surface area contributed by atoms with E-state index in [2.05, 4.69) is 12.2 Å². The maximum atomic E-state index is 8.70. The van der Waals surface area contributed by atoms with Gasteiger partial charge in [0, 0.05) is 6.54 Å². The van der Waals surface area contributed by atoms with Crippen molar-refractivity contribution in [2.45, 2.75) is 129 Å². The zero-order valence-electron chi connectivity index (χ0n) is 17.1. The second-order valence-electron chi connectivity index (χ2n) is 7.70. The van der Waals surface area contributed by atoms with E-state index in [0.717, 1.165) is 13.0 Å². The summed E-state index contributed by atoms with van der Waals surface area (Å²) < 4.78 is 0. The lowest BCUT2D eigenvalue weighted by molar-refractivity contribution is -0.0370. The van der Waals surface area contributed by atoms with Gasteiger partial charge in [-0.2, -0.15) is 0 Å². The van der Waals surface area contributed by atoms with E-state index >= 15 is 0 Å². The highest BCUT2D eigenvalue weighted by atomic mass is 16.5. The third-order valence-corrected chi connectivity index (χ3v) is 5.03. The molecule has 0 unspecified atom stereocenters. The van der Waals surface area contributed by atoms with Crippen molar-refractivity contribution >= 4 is 0 Å². The van der Waals surface area contributed by atoms with Gasteiger partial charge in [0.1, 0.15) is 0 Å². The van der Waals surface area contributed by atoms with Crippen molar-refractivity contribution < 1.29 is 10.2 Å². The number of aliphatic hydroxyl groups excluding tert-OH is 1. The first-order valence-electron chi connectivity index (χ1n) is 11.3. The molecule has 3 heteroatoms. The van der Waals surface area contributed by atoms with E-state index in [9.17, 15) is 0 Å². The third-order valence-electron chi connectivity index (χ3n) is 5.03. The average molecular weight is 358 g/mol. The molecule has 0 radical (unpaired) electrons. The number of hydrogen-bond acceptors (Lipinski definition) is 3. The van der Waals surface area contributed by atoms with Crippen LogP contribution in [0.25, 0.3) is 0 Å². The van der Waals surface area contributed by atoms with E-state index in [1.807, 2.05) is 0 Å². The normalized spacial score (nSPS) is 11.5. The molecule has 0 atom stereocenters. The largest absolute Gasteiger partial charge is 0.367 e. The highest BCUT2D eigenvalue weighted by Crippen LogP contribution is 2.14. The predicted octanol–water partition coefficient (Wildman–Crippen LogP) is 5.93. The summed E-state index contributed by atoms with van der Waals surface area (Å²) in [5.74, 6) is 0. The Morgan fingerprint density at radius 1 is 0.520 bits per heavy atom. The monoisotopic (exact) mass is 357 g/mol. The van der Waals surface area contributed by atoms with E-state index in [4.69, 9.17) is 10.2 Å². The molecule has 0 amide bonds. The van der Waals surface area contributed by atoms with Gasteiger partial charge >= 0.3 is 0 Å². The molecule has 25 heavy (non-hydrogen) atoms. The zero-order chi connectivity index (χ0) is 18.4. The van der Waals surface area contributed by atoms with Gasteiger partial charge in [0.05, 0.1) is 0 Å². The molecule has 0 fully saturated rings. The van der Waals surface area contributed by atoms with Crippen LogP contribution in [0, 0.1) is 0 Å². The topological polar surface area (TPSA) is 52.5 Å². The maximum Gasteiger partial charge on any atom is 0.164 e. The minimum atomic E-state index is -1.21. The summed E-state index contributed by atoms with van der Waals surface area (Å²) in [7, 11) is 0. The van der Waals surface area contributed by atoms with Gasteiger partial charge in [-0.25, -0.2) is 0 Å². The molecular weight excluding hydrogens is 310 g/mol. The first-order chi connectivity index (χ1) is 12.3. The van der Waals surface area contributed by atoms with E-state index < -0.39 is 6.29 Å². The number of unbranched alkanes of at least 4 members (excludes halogenated alkanes) is 17. The molecular formula is C22H47NO2. The molecule has 0 bridgehead atoms. The van der Waals surface area contributed by atoms with Crippen LogP contribution in [0.2, 0.25) is 0 Å². The molecule has 3 nitrogen and oxygen atoms in total. The Hall–Kier alpha value is -0.120. The van der Waals surface area contributed by atoms with E-state index in [-0.39, 0.29) is 0 Å². The first kappa shape index (κ1) is 24.9. The van der Waals surface area contributed by atoms with Crippen molar-refractivity contribution in [3.8, 4) is 0 Å². The van der Waals surface area contributed by atoms with Crippen LogP contribution in [-0.4, -0.2) is 29.6 Å². The van der Waals surface area contributed by atoms with Crippen LogP contribution in [0.5, 0.6) is 0 Å². The van der Waals surface area contributed by atoms with Crippen LogP contribution in [-0.2, 0) is 0 Å². The summed E-state index contributed by atoms with van der Waals surface area (Å²) in [6.07, 6.45) is 23.9. The van der Waals surface area contributed by atoms with Crippen LogP contribution >= 0.6 is 0 Å². The third kappa shape index (κ3) is 23.9. The summed E-state index contributed by atoms with van der Waals surface area (Å²) >= 11 is 0. The molecule has 3 N–H and O–H groups in total. The Balaban J connectivity index is 2.96. The van der Waals surface area contributed by atoms with Gasteiger partial charge in [-0.05, 0) is 13.0 Å². The SMILES string of the molecule is CCCCCCCCCCCCCCCCCCCCNCC(O)O. The molecule has 0 spiro atoms. The lowest BCUT2D eigenvalue weighted by atomic mass is 10.0. The molecule has 0 aliphatic carbocycles. The first-order valence-corrected chi connectivity index (χ1v) is 11.3. The fraction of sp³-hybridized carbons (Fsp3) is 1.00. The van der Waals surface area contributed by atoms with Crippen LogP contribution in [0.15, 0.2) is 0 Å². The van der Waals surface area contributed by atoms with Gasteiger partial charge in [-0.1, -0.05) is 116 Å². The molecule has 0 aromatic heterocycles. The Labute approximate surface area is 158 Å². The molecule has 0 aliphatic rings. The molecule has 152 valence electrons. The molecule has 0 aromatic carbocycles. The quantitative estimate of drug-likeness (QED) is 0.176. The zero-order valence-corrected chi connectivity index (χ0v) is 17.1. The van der Waals surface area contributed by atoms with Crippen LogP contribution in [0.1, 0.15) is 122 Å². The van der Waals surface area contributed by atoms with Crippen molar-refractivity contribution in [1.82, 2.24) is 5.32 Å². The Morgan fingerprint density at radius 2 is 0.840 bits per heavy atom. The standard InChI is InChI=1S/C22H47NO2/c1-2-3-4-5-6-7-8-9-10-11-12-13-14-15-16-17-18-19-20-23-21-22(24)25/h22-25H,2-21H2,1H3. The average Bonchev–Trinajstić information content (AvgIpc) is 2.60. The van der Waals surface area contributed by atoms with Gasteiger partial charge < -0.3 is 15.5 Å². The smallest absolute Gasteiger partial charge is 0.164 e. The van der Waals surface area contributed by atoms with E-state index in [1.54, 1.807) is 0 Å². The second-order valence-corrected chi connectivity index (χ2v) is 7.70. The van der Waals surface area contributed by atoms with Gasteiger partial charge in [-0.3, -0.25) is 0 Å². The molecule has 0 saturated carbocycles. The summed E-state index contributed by atoms with van der Waals surface area (Å²) in [4.78, 5) is 0. The number of hydrogen-bond donors (Lipinski definition) is 3. The summed E-state index contributed by atoms with van der Waals surface area (Å²) in [5, 5.41) is 20.4. The Kier molecular flexibility index (Phi) is 21.8. The van der Waals surface area contributed by atoms with Crippen LogP contribution in [0.3, 0.4) is 0 Å². The summed E-state index contributed by atoms with van der Waals surface area (Å²) in [6.45, 7) is 3.48. The van der Waals surface area contributed by atoms with Gasteiger partial charge in [0.15, 0.2) is 6.29 Å². The molecule has 0 heterocycles. The van der Waals surface area contributed by atoms with Crippen LogP contribution < -0.4 is 5.32 Å². The fourth-order valence-electron chi connectivity index (χ4n) is 3.38. The lowest BCUT2D eigenvalue weighted by Gasteiger charge is -2.06. The van der Waals surface area contributed by atoms with Gasteiger partial charge in [-0.15, -0.1) is 0 Å². The molecule has 0 aromatic rings. The Morgan fingerprint density at radius 3 is 1.16 bits per heavy atom. The molecule has 0 rings (SSSR count). The number of nitrogens with one attached hydrogen (secondary N) is 1. The highest BCUT2D eigenvalue weighted by Gasteiger charge is 1.96. The second kappa shape index (κ2) is 21.9. The minimum Gasteiger partial charge on any atom is -0.367 e. The fourth-order valence-corrected chi connectivity index (χ4v) is 3.38. The lowest BCUT2D eigenvalue weighted by Crippen LogP contribution is -2.26.